The van der Waals surface area contributed by atoms with E-state index in [9.17, 15) is 9.18 Å². The van der Waals surface area contributed by atoms with Crippen LogP contribution >= 0.6 is 23.2 Å². The number of aromatic nitrogens is 3. The molecule has 0 aliphatic heterocycles. The number of nitrogens with one attached hydrogen (secondary N) is 3. The van der Waals surface area contributed by atoms with Crippen molar-refractivity contribution >= 4 is 57.5 Å². The van der Waals surface area contributed by atoms with Crippen molar-refractivity contribution in [1.82, 2.24) is 20.3 Å². The zero-order chi connectivity index (χ0) is 23.3. The molecule has 0 bridgehead atoms. The Morgan fingerprint density at radius 2 is 1.94 bits per heavy atom. The lowest BCUT2D eigenvalue weighted by Gasteiger charge is -2.19. The number of carbonyl (C=O) groups excluding carboxylic acids is 1. The van der Waals surface area contributed by atoms with E-state index in [0.29, 0.717) is 42.0 Å². The molecule has 3 aromatic rings. The summed E-state index contributed by atoms with van der Waals surface area (Å²) >= 11 is 11.7. The van der Waals surface area contributed by atoms with Gasteiger partial charge in [-0.25, -0.2) is 24.1 Å². The van der Waals surface area contributed by atoms with Crippen LogP contribution in [0.2, 0.25) is 10.0 Å². The van der Waals surface area contributed by atoms with Gasteiger partial charge in [0, 0.05) is 18.5 Å². The molecule has 3 N–H and O–H groups in total. The minimum Gasteiger partial charge on any atom is -0.444 e. The van der Waals surface area contributed by atoms with E-state index in [2.05, 4.69) is 30.9 Å². The molecule has 32 heavy (non-hydrogen) atoms. The molecule has 0 atom stereocenters. The van der Waals surface area contributed by atoms with Crippen molar-refractivity contribution in [2.75, 3.05) is 23.7 Å². The molecule has 8 nitrogen and oxygen atoms in total. The van der Waals surface area contributed by atoms with Crippen molar-refractivity contribution in [3.8, 4) is 0 Å². The molecule has 0 spiro atoms. The molecule has 0 fully saturated rings. The molecule has 2 heterocycles. The highest BCUT2D eigenvalue weighted by atomic mass is 35.5. The zero-order valence-electron chi connectivity index (χ0n) is 17.8. The first-order valence-electron chi connectivity index (χ1n) is 9.86. The van der Waals surface area contributed by atoms with Gasteiger partial charge in [0.25, 0.3) is 0 Å². The molecule has 0 saturated carbocycles. The standard InChI is InChI=1S/C21H23Cl2FN6O2/c1-21(2,3)32-20(31)26-8-4-7-25-16-9-12-15(10-27-16)28-11-29-19(12)30-14-6-5-13(22)17(23)18(14)24/h5-6,9-11H,4,7-8H2,1-3H3,(H,25,27)(H,26,31)(H,28,29,30). The van der Waals surface area contributed by atoms with Crippen LogP contribution in [0.4, 0.5) is 26.5 Å². The first-order chi connectivity index (χ1) is 15.1. The molecule has 1 amide bonds. The first-order valence-corrected chi connectivity index (χ1v) is 10.6. The number of carbonyl (C=O) groups is 1. The number of halogens is 3. The minimum atomic E-state index is -0.671. The molecular formula is C21H23Cl2FN6O2. The lowest BCUT2D eigenvalue weighted by atomic mass is 10.2. The summed E-state index contributed by atoms with van der Waals surface area (Å²) in [5, 5.41) is 9.41. The molecule has 0 saturated heterocycles. The van der Waals surface area contributed by atoms with Gasteiger partial charge in [0.1, 0.15) is 23.6 Å². The molecule has 11 heteroatoms. The summed E-state index contributed by atoms with van der Waals surface area (Å²) in [7, 11) is 0. The topological polar surface area (TPSA) is 101 Å². The van der Waals surface area contributed by atoms with Crippen molar-refractivity contribution in [1.29, 1.82) is 0 Å². The molecule has 0 radical (unpaired) electrons. The van der Waals surface area contributed by atoms with Crippen LogP contribution in [0.1, 0.15) is 27.2 Å². The predicted octanol–water partition coefficient (Wildman–Crippen LogP) is 5.54. The number of pyridine rings is 1. The number of hydrogen-bond donors (Lipinski definition) is 3. The van der Waals surface area contributed by atoms with E-state index < -0.39 is 17.5 Å². The maximum absolute atomic E-state index is 14.4. The molecular weight excluding hydrogens is 458 g/mol. The molecule has 1 aromatic carbocycles. The van der Waals surface area contributed by atoms with Crippen molar-refractivity contribution in [2.45, 2.75) is 32.8 Å². The minimum absolute atomic E-state index is 0.124. The summed E-state index contributed by atoms with van der Waals surface area (Å²) in [6, 6.07) is 4.74. The molecule has 0 aliphatic carbocycles. The third-order valence-electron chi connectivity index (χ3n) is 4.14. The van der Waals surface area contributed by atoms with Gasteiger partial charge in [0.05, 0.1) is 27.4 Å². The zero-order valence-corrected chi connectivity index (χ0v) is 19.3. The van der Waals surface area contributed by atoms with Crippen LogP contribution in [0.3, 0.4) is 0 Å². The Morgan fingerprint density at radius 3 is 2.69 bits per heavy atom. The Balaban J connectivity index is 1.64. The predicted molar refractivity (Wildman–Crippen MR) is 124 cm³/mol. The van der Waals surface area contributed by atoms with Gasteiger partial charge in [-0.3, -0.25) is 0 Å². The van der Waals surface area contributed by atoms with Crippen LogP contribution in [0.5, 0.6) is 0 Å². The lowest BCUT2D eigenvalue weighted by molar-refractivity contribution is 0.0528. The molecule has 0 unspecified atom stereocenters. The van der Waals surface area contributed by atoms with Crippen LogP contribution in [-0.2, 0) is 4.74 Å². The van der Waals surface area contributed by atoms with Gasteiger partial charge in [-0.1, -0.05) is 23.2 Å². The van der Waals surface area contributed by atoms with Gasteiger partial charge in [0.2, 0.25) is 0 Å². The van der Waals surface area contributed by atoms with Crippen molar-refractivity contribution in [3.63, 3.8) is 0 Å². The number of hydrogen-bond acceptors (Lipinski definition) is 7. The van der Waals surface area contributed by atoms with Gasteiger partial charge >= 0.3 is 6.09 Å². The number of benzene rings is 1. The summed E-state index contributed by atoms with van der Waals surface area (Å²) < 4.78 is 19.6. The molecule has 170 valence electrons. The number of fused-ring (bicyclic) bond motifs is 1. The largest absolute Gasteiger partial charge is 0.444 e. The Bertz CT molecular complexity index is 1120. The number of alkyl carbamates (subject to hydrolysis) is 1. The van der Waals surface area contributed by atoms with Gasteiger partial charge in [-0.05, 0) is 45.4 Å². The first kappa shape index (κ1) is 23.7. The van der Waals surface area contributed by atoms with Crippen LogP contribution in [-0.4, -0.2) is 39.7 Å². The molecule has 0 aliphatic rings. The Hall–Kier alpha value is -2.91. The Morgan fingerprint density at radius 1 is 1.16 bits per heavy atom. The lowest BCUT2D eigenvalue weighted by Crippen LogP contribution is -2.33. The number of rotatable bonds is 7. The number of nitrogens with zero attached hydrogens (tertiary/aromatic N) is 3. The SMILES string of the molecule is CC(C)(C)OC(=O)NCCCNc1cc2c(Nc3ccc(Cl)c(Cl)c3F)ncnc2cn1. The summed E-state index contributed by atoms with van der Waals surface area (Å²) in [5.41, 5.74) is 0.185. The summed E-state index contributed by atoms with van der Waals surface area (Å²) in [6.07, 6.45) is 3.15. The second kappa shape index (κ2) is 10.1. The summed E-state index contributed by atoms with van der Waals surface area (Å²) in [4.78, 5) is 24.4. The molecule has 2 aromatic heterocycles. The fraction of sp³-hybridized carbons (Fsp3) is 0.333. The van der Waals surface area contributed by atoms with Crippen molar-refractivity contribution in [2.24, 2.45) is 0 Å². The summed E-state index contributed by atoms with van der Waals surface area (Å²) in [5.74, 6) is 0.308. The third-order valence-corrected chi connectivity index (χ3v) is 4.92. The quantitative estimate of drug-likeness (QED) is 0.301. The van der Waals surface area contributed by atoms with Crippen LogP contribution in [0.15, 0.2) is 30.7 Å². The van der Waals surface area contributed by atoms with Gasteiger partial charge < -0.3 is 20.7 Å². The number of ether oxygens (including phenoxy) is 1. The fourth-order valence-corrected chi connectivity index (χ4v) is 3.03. The maximum atomic E-state index is 14.4. The second-order valence-electron chi connectivity index (χ2n) is 7.87. The highest BCUT2D eigenvalue weighted by Crippen LogP contribution is 2.32. The second-order valence-corrected chi connectivity index (χ2v) is 8.65. The van der Waals surface area contributed by atoms with Gasteiger partial charge in [-0.15, -0.1) is 0 Å². The fourth-order valence-electron chi connectivity index (χ4n) is 2.71. The van der Waals surface area contributed by atoms with Crippen LogP contribution in [0, 0.1) is 5.82 Å². The highest BCUT2D eigenvalue weighted by Gasteiger charge is 2.15. The van der Waals surface area contributed by atoms with E-state index in [-0.39, 0.29) is 15.7 Å². The number of amides is 1. The van der Waals surface area contributed by atoms with Crippen LogP contribution in [0.25, 0.3) is 10.9 Å². The monoisotopic (exact) mass is 480 g/mol. The van der Waals surface area contributed by atoms with E-state index >= 15 is 0 Å². The van der Waals surface area contributed by atoms with Crippen molar-refractivity contribution < 1.29 is 13.9 Å². The third kappa shape index (κ3) is 6.30. The average Bonchev–Trinajstić information content (AvgIpc) is 2.73. The Kier molecular flexibility index (Phi) is 7.52. The van der Waals surface area contributed by atoms with E-state index in [1.807, 2.05) is 20.8 Å². The van der Waals surface area contributed by atoms with Gasteiger partial charge in [0.15, 0.2) is 5.82 Å². The Labute approximate surface area is 194 Å². The van der Waals surface area contributed by atoms with Gasteiger partial charge in [-0.2, -0.15) is 0 Å². The van der Waals surface area contributed by atoms with E-state index in [1.54, 1.807) is 12.3 Å². The molecule has 3 rings (SSSR count). The highest BCUT2D eigenvalue weighted by molar-refractivity contribution is 6.42. The average molecular weight is 481 g/mol. The van der Waals surface area contributed by atoms with E-state index in [4.69, 9.17) is 27.9 Å². The summed E-state index contributed by atoms with van der Waals surface area (Å²) in [6.45, 7) is 6.43. The van der Waals surface area contributed by atoms with Crippen molar-refractivity contribution in [3.05, 3.63) is 46.6 Å². The van der Waals surface area contributed by atoms with E-state index in [1.165, 1.54) is 18.5 Å². The number of anilines is 3. The maximum Gasteiger partial charge on any atom is 0.407 e. The normalized spacial score (nSPS) is 11.3. The van der Waals surface area contributed by atoms with Crippen LogP contribution < -0.4 is 16.0 Å². The smallest absolute Gasteiger partial charge is 0.407 e. The van der Waals surface area contributed by atoms with E-state index in [0.717, 1.165) is 0 Å².